The number of alkyl halides is 1. The molecule has 92 valence electrons. The van der Waals surface area contributed by atoms with E-state index in [2.05, 4.69) is 4.90 Å². The van der Waals surface area contributed by atoms with Crippen LogP contribution in [0.5, 0.6) is 0 Å². The highest BCUT2D eigenvalue weighted by Crippen LogP contribution is 2.30. The van der Waals surface area contributed by atoms with Gasteiger partial charge >= 0.3 is 5.97 Å². The number of carbonyl (C=O) groups is 1. The topological polar surface area (TPSA) is 40.5 Å². The largest absolute Gasteiger partial charge is 0.481 e. The maximum absolute atomic E-state index is 12.5. The van der Waals surface area contributed by atoms with Crippen molar-refractivity contribution in [3.63, 3.8) is 0 Å². The summed E-state index contributed by atoms with van der Waals surface area (Å²) in [6.07, 6.45) is 4.48. The van der Waals surface area contributed by atoms with Gasteiger partial charge in [0.2, 0.25) is 0 Å². The number of aliphatic carboxylic acids is 1. The molecule has 0 spiro atoms. The first kappa shape index (κ1) is 11.8. The second kappa shape index (κ2) is 5.13. The van der Waals surface area contributed by atoms with Gasteiger partial charge in [0, 0.05) is 18.5 Å². The molecule has 1 atom stereocenters. The molecule has 2 aliphatic rings. The smallest absolute Gasteiger partial charge is 0.306 e. The van der Waals surface area contributed by atoms with Crippen LogP contribution in [0, 0.1) is 11.8 Å². The van der Waals surface area contributed by atoms with Crippen LogP contribution in [0.1, 0.15) is 32.1 Å². The first-order valence-corrected chi connectivity index (χ1v) is 6.23. The van der Waals surface area contributed by atoms with E-state index < -0.39 is 5.97 Å². The fraction of sp³-hybridized carbons (Fsp3) is 0.917. The van der Waals surface area contributed by atoms with Crippen LogP contribution in [-0.4, -0.2) is 41.8 Å². The van der Waals surface area contributed by atoms with Crippen molar-refractivity contribution >= 4 is 5.97 Å². The number of hydrogen-bond donors (Lipinski definition) is 1. The molecule has 1 heterocycles. The molecule has 0 unspecified atom stereocenters. The van der Waals surface area contributed by atoms with Gasteiger partial charge in [-0.3, -0.25) is 9.18 Å². The molecule has 3 nitrogen and oxygen atoms in total. The van der Waals surface area contributed by atoms with Gasteiger partial charge in [-0.2, -0.15) is 0 Å². The fourth-order valence-corrected chi connectivity index (χ4v) is 3.01. The molecule has 0 amide bonds. The molecule has 16 heavy (non-hydrogen) atoms. The zero-order valence-corrected chi connectivity index (χ0v) is 9.57. The molecule has 0 bridgehead atoms. The van der Waals surface area contributed by atoms with Gasteiger partial charge in [0.1, 0.15) is 0 Å². The molecule has 1 saturated heterocycles. The predicted molar refractivity (Wildman–Crippen MR) is 59.0 cm³/mol. The quantitative estimate of drug-likeness (QED) is 0.803. The summed E-state index contributed by atoms with van der Waals surface area (Å²) in [5.41, 5.74) is 0. The van der Waals surface area contributed by atoms with Gasteiger partial charge in [-0.1, -0.05) is 0 Å². The van der Waals surface area contributed by atoms with Gasteiger partial charge < -0.3 is 10.0 Å². The monoisotopic (exact) mass is 229 g/mol. The fourth-order valence-electron chi connectivity index (χ4n) is 3.01. The van der Waals surface area contributed by atoms with E-state index in [9.17, 15) is 9.18 Å². The Morgan fingerprint density at radius 1 is 1.25 bits per heavy atom. The lowest BCUT2D eigenvalue weighted by Gasteiger charge is -2.33. The Bertz CT molecular complexity index is 251. The summed E-state index contributed by atoms with van der Waals surface area (Å²) < 4.78 is 12.5. The maximum atomic E-state index is 12.5. The molecule has 0 radical (unpaired) electrons. The minimum atomic E-state index is -0.651. The number of hydrogen-bond acceptors (Lipinski definition) is 2. The lowest BCUT2D eigenvalue weighted by Crippen LogP contribution is -2.37. The molecular weight excluding hydrogens is 209 g/mol. The lowest BCUT2D eigenvalue weighted by molar-refractivity contribution is -0.143. The Labute approximate surface area is 95.6 Å². The highest BCUT2D eigenvalue weighted by Gasteiger charge is 2.32. The van der Waals surface area contributed by atoms with Gasteiger partial charge in [-0.05, 0) is 38.6 Å². The summed E-state index contributed by atoms with van der Waals surface area (Å²) in [6, 6.07) is 0.507. The average molecular weight is 229 g/mol. The van der Waals surface area contributed by atoms with Crippen LogP contribution in [0.15, 0.2) is 0 Å². The van der Waals surface area contributed by atoms with Gasteiger partial charge in [-0.25, -0.2) is 0 Å². The molecule has 1 N–H and O–H groups in total. The average Bonchev–Trinajstić information content (AvgIpc) is 2.77. The van der Waals surface area contributed by atoms with Crippen molar-refractivity contribution in [3.8, 4) is 0 Å². The summed E-state index contributed by atoms with van der Waals surface area (Å²) in [7, 11) is 0. The molecule has 0 aromatic carbocycles. The molecule has 4 heteroatoms. The molecule has 0 aromatic rings. The summed E-state index contributed by atoms with van der Waals surface area (Å²) in [5.74, 6) is -0.575. The summed E-state index contributed by atoms with van der Waals surface area (Å²) in [5, 5.41) is 8.91. The van der Waals surface area contributed by atoms with Crippen LogP contribution in [0.25, 0.3) is 0 Å². The van der Waals surface area contributed by atoms with Crippen LogP contribution < -0.4 is 0 Å². The highest BCUT2D eigenvalue weighted by atomic mass is 19.1. The molecule has 1 aliphatic heterocycles. The minimum Gasteiger partial charge on any atom is -0.481 e. The number of carboxylic acids is 1. The van der Waals surface area contributed by atoms with Gasteiger partial charge in [0.15, 0.2) is 0 Å². The Kier molecular flexibility index (Phi) is 3.79. The summed E-state index contributed by atoms with van der Waals surface area (Å²) >= 11 is 0. The van der Waals surface area contributed by atoms with Crippen molar-refractivity contribution in [3.05, 3.63) is 0 Å². The van der Waals surface area contributed by atoms with Gasteiger partial charge in [-0.15, -0.1) is 0 Å². The molecule has 1 aliphatic carbocycles. The number of nitrogens with zero attached hydrogens (tertiary/aromatic N) is 1. The van der Waals surface area contributed by atoms with Crippen LogP contribution in [-0.2, 0) is 4.79 Å². The molecule has 2 rings (SSSR count). The van der Waals surface area contributed by atoms with Crippen molar-refractivity contribution < 1.29 is 14.3 Å². The highest BCUT2D eigenvalue weighted by molar-refractivity contribution is 5.70. The van der Waals surface area contributed by atoms with E-state index in [0.717, 1.165) is 45.2 Å². The van der Waals surface area contributed by atoms with Crippen molar-refractivity contribution in [1.29, 1.82) is 0 Å². The third-order valence-corrected chi connectivity index (χ3v) is 4.10. The first-order valence-electron chi connectivity index (χ1n) is 6.23. The van der Waals surface area contributed by atoms with Crippen molar-refractivity contribution in [2.75, 3.05) is 19.8 Å². The number of rotatable bonds is 3. The summed E-state index contributed by atoms with van der Waals surface area (Å²) in [4.78, 5) is 13.2. The van der Waals surface area contributed by atoms with E-state index >= 15 is 0 Å². The Balaban J connectivity index is 1.79. The van der Waals surface area contributed by atoms with Gasteiger partial charge in [0.05, 0.1) is 12.6 Å². The molecule has 0 aromatic heterocycles. The van der Waals surface area contributed by atoms with Crippen molar-refractivity contribution in [1.82, 2.24) is 4.90 Å². The standard InChI is InChI=1S/C12H20FNO2/c13-7-9-5-6-14(8-9)11-3-1-10(2-4-11)12(15)16/h9-11H,1-8H2,(H,15,16)/t9-,10?,11?/m1/s1. The number of carboxylic acid groups (broad SMARTS) is 1. The Hall–Kier alpha value is -0.640. The zero-order chi connectivity index (χ0) is 11.5. The summed E-state index contributed by atoms with van der Waals surface area (Å²) in [6.45, 7) is 1.66. The molecular formula is C12H20FNO2. The van der Waals surface area contributed by atoms with Crippen LogP contribution >= 0.6 is 0 Å². The third kappa shape index (κ3) is 2.54. The van der Waals surface area contributed by atoms with Gasteiger partial charge in [0.25, 0.3) is 0 Å². The van der Waals surface area contributed by atoms with Crippen LogP contribution in [0.2, 0.25) is 0 Å². The van der Waals surface area contributed by atoms with E-state index in [0.29, 0.717) is 6.04 Å². The third-order valence-electron chi connectivity index (χ3n) is 4.10. The number of likely N-dealkylation sites (tertiary alicyclic amines) is 1. The normalized spacial score (nSPS) is 36.4. The van der Waals surface area contributed by atoms with E-state index in [1.165, 1.54) is 0 Å². The minimum absolute atomic E-state index is 0.143. The second-order valence-corrected chi connectivity index (χ2v) is 5.15. The van der Waals surface area contributed by atoms with E-state index in [4.69, 9.17) is 5.11 Å². The SMILES string of the molecule is O=C(O)C1CCC(N2CC[C@H](CF)C2)CC1. The van der Waals surface area contributed by atoms with E-state index in [1.807, 2.05) is 0 Å². The zero-order valence-electron chi connectivity index (χ0n) is 9.57. The van der Waals surface area contributed by atoms with E-state index in [-0.39, 0.29) is 18.5 Å². The Morgan fingerprint density at radius 3 is 2.44 bits per heavy atom. The van der Waals surface area contributed by atoms with Crippen LogP contribution in [0.4, 0.5) is 4.39 Å². The molecule has 1 saturated carbocycles. The Morgan fingerprint density at radius 2 is 1.94 bits per heavy atom. The second-order valence-electron chi connectivity index (χ2n) is 5.15. The predicted octanol–water partition coefficient (Wildman–Crippen LogP) is 1.92. The maximum Gasteiger partial charge on any atom is 0.306 e. The molecule has 2 fully saturated rings. The van der Waals surface area contributed by atoms with Crippen molar-refractivity contribution in [2.24, 2.45) is 11.8 Å². The van der Waals surface area contributed by atoms with E-state index in [1.54, 1.807) is 0 Å². The van der Waals surface area contributed by atoms with Crippen molar-refractivity contribution in [2.45, 2.75) is 38.1 Å². The lowest BCUT2D eigenvalue weighted by atomic mass is 9.85. The number of halogens is 1. The van der Waals surface area contributed by atoms with Crippen LogP contribution in [0.3, 0.4) is 0 Å². The first-order chi connectivity index (χ1) is 7.70.